The van der Waals surface area contributed by atoms with E-state index in [2.05, 4.69) is 39.6 Å². The van der Waals surface area contributed by atoms with Crippen LogP contribution in [0, 0.1) is 0 Å². The van der Waals surface area contributed by atoms with E-state index in [1.54, 1.807) is 0 Å². The molecule has 0 amide bonds. The topological polar surface area (TPSA) is 40.2 Å². The number of halogens is 1. The minimum atomic E-state index is 0.748. The second kappa shape index (κ2) is 5.50. The zero-order valence-corrected chi connectivity index (χ0v) is 12.8. The van der Waals surface area contributed by atoms with Crippen molar-refractivity contribution in [3.63, 3.8) is 0 Å². The van der Waals surface area contributed by atoms with E-state index in [9.17, 15) is 0 Å². The molecule has 0 unspecified atom stereocenters. The molecule has 1 aliphatic rings. The highest BCUT2D eigenvalue weighted by Gasteiger charge is 2.19. The van der Waals surface area contributed by atoms with Crippen molar-refractivity contribution in [3.8, 4) is 0 Å². The Labute approximate surface area is 134 Å². The number of hydrogen-bond acceptors (Lipinski definition) is 2. The van der Waals surface area contributed by atoms with Gasteiger partial charge in [0.15, 0.2) is 0 Å². The zero-order chi connectivity index (χ0) is 14.9. The predicted molar refractivity (Wildman–Crippen MR) is 92.0 cm³/mol. The summed E-state index contributed by atoms with van der Waals surface area (Å²) in [7, 11) is 0. The Morgan fingerprint density at radius 2 is 1.95 bits per heavy atom. The molecule has 3 aromatic rings. The molecule has 1 aliphatic heterocycles. The third kappa shape index (κ3) is 2.38. The number of nitrogens with one attached hydrogen (secondary N) is 2. The molecule has 3 nitrogen and oxygen atoms in total. The van der Waals surface area contributed by atoms with E-state index in [1.807, 2.05) is 24.3 Å². The molecule has 22 heavy (non-hydrogen) atoms. The first-order valence-corrected chi connectivity index (χ1v) is 7.82. The Kier molecular flexibility index (Phi) is 3.35. The van der Waals surface area contributed by atoms with Crippen LogP contribution in [0.2, 0.25) is 5.02 Å². The summed E-state index contributed by atoms with van der Waals surface area (Å²) in [6.07, 6.45) is 0.850. The van der Waals surface area contributed by atoms with Gasteiger partial charge in [0.05, 0.1) is 6.54 Å². The van der Waals surface area contributed by atoms with E-state index in [-0.39, 0.29) is 0 Å². The maximum absolute atomic E-state index is 6.19. The maximum atomic E-state index is 6.19. The van der Waals surface area contributed by atoms with E-state index < -0.39 is 0 Å². The maximum Gasteiger partial charge on any atom is 0.130 e. The number of aliphatic imine (C=N–C) groups is 1. The van der Waals surface area contributed by atoms with Gasteiger partial charge in [-0.3, -0.25) is 4.99 Å². The highest BCUT2D eigenvalue weighted by Crippen LogP contribution is 2.28. The lowest BCUT2D eigenvalue weighted by molar-refractivity contribution is 0.959. The van der Waals surface area contributed by atoms with Crippen molar-refractivity contribution in [1.82, 2.24) is 10.3 Å². The van der Waals surface area contributed by atoms with Crippen LogP contribution in [0.3, 0.4) is 0 Å². The number of hydrogen-bond donors (Lipinski definition) is 2. The first kappa shape index (κ1) is 13.4. The molecule has 0 bridgehead atoms. The fraction of sp³-hybridized carbons (Fsp3) is 0.167. The van der Waals surface area contributed by atoms with Gasteiger partial charge in [-0.15, -0.1) is 0 Å². The Balaban J connectivity index is 1.87. The Bertz CT molecular complexity index is 849. The summed E-state index contributed by atoms with van der Waals surface area (Å²) in [5.74, 6) is 0.972. The van der Waals surface area contributed by atoms with Crippen LogP contribution in [0.15, 0.2) is 53.5 Å². The third-order valence-corrected chi connectivity index (χ3v) is 4.21. The molecule has 110 valence electrons. The van der Waals surface area contributed by atoms with Gasteiger partial charge in [0.2, 0.25) is 0 Å². The largest absolute Gasteiger partial charge is 0.368 e. The van der Waals surface area contributed by atoms with Crippen LogP contribution < -0.4 is 5.32 Å². The van der Waals surface area contributed by atoms with Crippen LogP contribution >= 0.6 is 11.6 Å². The third-order valence-electron chi connectivity index (χ3n) is 3.97. The van der Waals surface area contributed by atoms with Crippen molar-refractivity contribution < 1.29 is 0 Å². The van der Waals surface area contributed by atoms with Gasteiger partial charge < -0.3 is 10.3 Å². The summed E-state index contributed by atoms with van der Waals surface area (Å²) >= 11 is 6.19. The summed E-state index contributed by atoms with van der Waals surface area (Å²) in [5.41, 5.74) is 4.71. The zero-order valence-electron chi connectivity index (χ0n) is 12.1. The van der Waals surface area contributed by atoms with E-state index in [1.165, 1.54) is 11.3 Å². The molecule has 0 atom stereocenters. The van der Waals surface area contributed by atoms with Crippen molar-refractivity contribution in [3.05, 3.63) is 70.4 Å². The number of amidine groups is 1. The number of nitrogens with zero attached hydrogens (tertiary/aromatic N) is 1. The fourth-order valence-corrected chi connectivity index (χ4v) is 3.16. The molecule has 0 saturated carbocycles. The molecule has 2 heterocycles. The number of fused-ring (bicyclic) bond motifs is 1. The number of benzene rings is 2. The molecule has 0 spiro atoms. The molecule has 0 fully saturated rings. The molecule has 2 N–H and O–H groups in total. The van der Waals surface area contributed by atoms with Crippen molar-refractivity contribution >= 4 is 28.3 Å². The molecule has 4 heteroatoms. The Morgan fingerprint density at radius 1 is 1.09 bits per heavy atom. The number of aromatic nitrogens is 1. The lowest BCUT2D eigenvalue weighted by atomic mass is 10.0. The molecule has 0 radical (unpaired) electrons. The van der Waals surface area contributed by atoms with Gasteiger partial charge in [0, 0.05) is 40.1 Å². The van der Waals surface area contributed by atoms with Gasteiger partial charge in [-0.25, -0.2) is 0 Å². The second-order valence-corrected chi connectivity index (χ2v) is 5.92. The van der Waals surface area contributed by atoms with Crippen molar-refractivity contribution in [2.75, 3.05) is 13.1 Å². The predicted octanol–water partition coefficient (Wildman–Crippen LogP) is 3.76. The molecule has 1 aromatic heterocycles. The molecule has 0 saturated heterocycles. The van der Waals surface area contributed by atoms with Crippen LogP contribution in [0.25, 0.3) is 10.9 Å². The minimum absolute atomic E-state index is 0.748. The van der Waals surface area contributed by atoms with Crippen molar-refractivity contribution in [2.45, 2.75) is 6.42 Å². The SMILES string of the molecule is Clc1ccc2[nH]c(Cc3ccccc3)c(C3=NCCN3)c2c1. The van der Waals surface area contributed by atoms with Crippen molar-refractivity contribution in [2.24, 2.45) is 4.99 Å². The smallest absolute Gasteiger partial charge is 0.130 e. The highest BCUT2D eigenvalue weighted by atomic mass is 35.5. The van der Waals surface area contributed by atoms with Crippen LogP contribution in [0.4, 0.5) is 0 Å². The van der Waals surface area contributed by atoms with Crippen molar-refractivity contribution in [1.29, 1.82) is 0 Å². The average molecular weight is 310 g/mol. The monoisotopic (exact) mass is 309 g/mol. The van der Waals surface area contributed by atoms with Crippen LogP contribution in [-0.4, -0.2) is 23.9 Å². The summed E-state index contributed by atoms with van der Waals surface area (Å²) < 4.78 is 0. The van der Waals surface area contributed by atoms with Crippen LogP contribution in [0.1, 0.15) is 16.8 Å². The molecule has 0 aliphatic carbocycles. The van der Waals surface area contributed by atoms with E-state index in [0.717, 1.165) is 46.8 Å². The normalized spacial score (nSPS) is 14.1. The second-order valence-electron chi connectivity index (χ2n) is 5.49. The van der Waals surface area contributed by atoms with Gasteiger partial charge in [-0.05, 0) is 23.8 Å². The molecular formula is C18H16ClN3. The van der Waals surface area contributed by atoms with Gasteiger partial charge in [-0.1, -0.05) is 41.9 Å². The van der Waals surface area contributed by atoms with Crippen LogP contribution in [-0.2, 0) is 6.42 Å². The molecular weight excluding hydrogens is 294 g/mol. The first-order valence-electron chi connectivity index (χ1n) is 7.44. The fourth-order valence-electron chi connectivity index (χ4n) is 2.99. The summed E-state index contributed by atoms with van der Waals surface area (Å²) in [6.45, 7) is 1.72. The standard InChI is InChI=1S/C18H16ClN3/c19-13-6-7-15-14(11-13)17(18-20-8-9-21-18)16(22-15)10-12-4-2-1-3-5-12/h1-7,11,22H,8-10H2,(H,20,21). The number of H-pyrrole nitrogens is 1. The van der Waals surface area contributed by atoms with E-state index in [4.69, 9.17) is 11.6 Å². The molecule has 4 rings (SSSR count). The quantitative estimate of drug-likeness (QED) is 0.760. The minimum Gasteiger partial charge on any atom is -0.368 e. The molecule has 2 aromatic carbocycles. The van der Waals surface area contributed by atoms with E-state index >= 15 is 0 Å². The van der Waals surface area contributed by atoms with Gasteiger partial charge in [0.1, 0.15) is 5.84 Å². The Hall–Kier alpha value is -2.26. The lowest BCUT2D eigenvalue weighted by Gasteiger charge is -2.06. The van der Waals surface area contributed by atoms with Crippen LogP contribution in [0.5, 0.6) is 0 Å². The summed E-state index contributed by atoms with van der Waals surface area (Å²) in [5, 5.41) is 5.26. The summed E-state index contributed by atoms with van der Waals surface area (Å²) in [4.78, 5) is 8.14. The highest BCUT2D eigenvalue weighted by molar-refractivity contribution is 6.31. The first-order chi connectivity index (χ1) is 10.8. The van der Waals surface area contributed by atoms with Gasteiger partial charge in [-0.2, -0.15) is 0 Å². The van der Waals surface area contributed by atoms with E-state index in [0.29, 0.717) is 0 Å². The van der Waals surface area contributed by atoms with Gasteiger partial charge in [0.25, 0.3) is 0 Å². The Morgan fingerprint density at radius 3 is 2.73 bits per heavy atom. The average Bonchev–Trinajstić information content (AvgIpc) is 3.15. The number of aromatic amines is 1. The lowest BCUT2D eigenvalue weighted by Crippen LogP contribution is -2.20. The van der Waals surface area contributed by atoms with Gasteiger partial charge >= 0.3 is 0 Å². The number of rotatable bonds is 3. The summed E-state index contributed by atoms with van der Waals surface area (Å²) in [6, 6.07) is 16.4.